The topological polar surface area (TPSA) is 0 Å². The largest absolute Gasteiger partial charge is 0.0765 e. The molecule has 0 heterocycles. The highest BCUT2D eigenvalue weighted by Gasteiger charge is 1.94. The number of hydrogen-bond donors (Lipinski definition) is 0. The molecule has 0 saturated heterocycles. The maximum absolute atomic E-state index is 3.42. The number of alkyl halides is 2. The van der Waals surface area contributed by atoms with E-state index < -0.39 is 0 Å². The van der Waals surface area contributed by atoms with Crippen molar-refractivity contribution in [2.75, 3.05) is 0 Å². The second-order valence-electron chi connectivity index (χ2n) is 1.89. The van der Waals surface area contributed by atoms with E-state index in [1.807, 2.05) is 0 Å². The van der Waals surface area contributed by atoms with Crippen LogP contribution >= 0.6 is 31.9 Å². The Balaban J connectivity index is 2.72. The molecular formula is C6H12Br2. The quantitative estimate of drug-likeness (QED) is 0.522. The van der Waals surface area contributed by atoms with Gasteiger partial charge in [0.15, 0.2) is 0 Å². The van der Waals surface area contributed by atoms with Gasteiger partial charge in [0.2, 0.25) is 0 Å². The van der Waals surface area contributed by atoms with E-state index in [0.717, 1.165) is 0 Å². The van der Waals surface area contributed by atoms with Gasteiger partial charge in [-0.1, -0.05) is 58.0 Å². The zero-order valence-corrected chi connectivity index (χ0v) is 8.33. The molecule has 0 aromatic rings. The molecule has 0 saturated carbocycles. The van der Waals surface area contributed by atoms with Gasteiger partial charge in [-0.05, 0) is 6.42 Å². The monoisotopic (exact) mass is 242 g/mol. The van der Waals surface area contributed by atoms with E-state index >= 15 is 0 Å². The van der Waals surface area contributed by atoms with E-state index in [0.29, 0.717) is 3.74 Å². The average molecular weight is 244 g/mol. The fourth-order valence-electron chi connectivity index (χ4n) is 0.549. The smallest absolute Gasteiger partial charge is 0.0697 e. The van der Waals surface area contributed by atoms with Crippen LogP contribution < -0.4 is 0 Å². The van der Waals surface area contributed by atoms with Gasteiger partial charge in [0.25, 0.3) is 0 Å². The van der Waals surface area contributed by atoms with Crippen LogP contribution in [-0.4, -0.2) is 3.74 Å². The van der Waals surface area contributed by atoms with Crippen molar-refractivity contribution in [1.82, 2.24) is 0 Å². The first kappa shape index (κ1) is 8.96. The van der Waals surface area contributed by atoms with Crippen LogP contribution in [0.3, 0.4) is 0 Å². The Hall–Kier alpha value is 0.960. The van der Waals surface area contributed by atoms with Crippen molar-refractivity contribution in [1.29, 1.82) is 0 Å². The number of hydrogen-bond acceptors (Lipinski definition) is 0. The molecule has 0 aliphatic carbocycles. The van der Waals surface area contributed by atoms with Crippen molar-refractivity contribution >= 4 is 31.9 Å². The Morgan fingerprint density at radius 3 is 2.25 bits per heavy atom. The lowest BCUT2D eigenvalue weighted by Crippen LogP contribution is -1.83. The molecule has 0 aromatic carbocycles. The highest BCUT2D eigenvalue weighted by atomic mass is 79.9. The minimum atomic E-state index is 0.529. The minimum absolute atomic E-state index is 0.529. The van der Waals surface area contributed by atoms with Crippen LogP contribution in [0.25, 0.3) is 0 Å². The van der Waals surface area contributed by atoms with Crippen molar-refractivity contribution in [3.8, 4) is 0 Å². The summed E-state index contributed by atoms with van der Waals surface area (Å²) in [4.78, 5) is 0. The second-order valence-corrected chi connectivity index (χ2v) is 5.33. The van der Waals surface area contributed by atoms with Crippen molar-refractivity contribution in [3.05, 3.63) is 0 Å². The van der Waals surface area contributed by atoms with Crippen molar-refractivity contribution in [2.45, 2.75) is 36.3 Å². The molecule has 0 atom stereocenters. The van der Waals surface area contributed by atoms with Gasteiger partial charge in [0, 0.05) is 0 Å². The van der Waals surface area contributed by atoms with Crippen molar-refractivity contribution in [2.24, 2.45) is 0 Å². The fraction of sp³-hybridized carbons (Fsp3) is 1.00. The van der Waals surface area contributed by atoms with E-state index in [1.54, 1.807) is 0 Å². The zero-order valence-electron chi connectivity index (χ0n) is 5.16. The van der Waals surface area contributed by atoms with Crippen LogP contribution in [0.4, 0.5) is 0 Å². The first-order valence-electron chi connectivity index (χ1n) is 3.05. The van der Waals surface area contributed by atoms with Gasteiger partial charge in [-0.2, -0.15) is 0 Å². The van der Waals surface area contributed by atoms with Gasteiger partial charge in [0.05, 0.1) is 3.74 Å². The molecular weight excluding hydrogens is 232 g/mol. The summed E-state index contributed by atoms with van der Waals surface area (Å²) in [6.45, 7) is 2.22. The maximum Gasteiger partial charge on any atom is 0.0697 e. The zero-order chi connectivity index (χ0) is 6.41. The molecule has 0 rings (SSSR count). The normalized spacial score (nSPS) is 10.5. The Labute approximate surface area is 68.3 Å². The first-order chi connectivity index (χ1) is 3.77. The summed E-state index contributed by atoms with van der Waals surface area (Å²) in [6, 6.07) is 0. The summed E-state index contributed by atoms with van der Waals surface area (Å²) >= 11 is 6.84. The highest BCUT2D eigenvalue weighted by molar-refractivity contribution is 9.24. The molecule has 0 aliphatic rings. The standard InChI is InChI=1S/C6H12Br2/c1-2-3-4-5-6(7)8/h6H,2-5H2,1H3. The van der Waals surface area contributed by atoms with Gasteiger partial charge in [-0.25, -0.2) is 0 Å². The third-order valence-electron chi connectivity index (χ3n) is 1.03. The third kappa shape index (κ3) is 6.96. The number of halogens is 2. The average Bonchev–Trinajstić information content (AvgIpc) is 1.66. The lowest BCUT2D eigenvalue weighted by molar-refractivity contribution is 0.701. The summed E-state index contributed by atoms with van der Waals surface area (Å²) in [5.41, 5.74) is 0. The summed E-state index contributed by atoms with van der Waals surface area (Å²) in [5.74, 6) is 0. The number of rotatable bonds is 4. The van der Waals surface area contributed by atoms with Gasteiger partial charge >= 0.3 is 0 Å². The van der Waals surface area contributed by atoms with E-state index in [4.69, 9.17) is 0 Å². The Morgan fingerprint density at radius 2 is 1.88 bits per heavy atom. The molecule has 8 heavy (non-hydrogen) atoms. The Bertz CT molecular complexity index is 43.8. The Morgan fingerprint density at radius 1 is 1.25 bits per heavy atom. The third-order valence-corrected chi connectivity index (χ3v) is 1.94. The van der Waals surface area contributed by atoms with Gasteiger partial charge in [-0.15, -0.1) is 0 Å². The summed E-state index contributed by atoms with van der Waals surface area (Å²) < 4.78 is 0.529. The predicted octanol–water partition coefficient (Wildman–Crippen LogP) is 3.68. The molecule has 50 valence electrons. The molecule has 0 bridgehead atoms. The summed E-state index contributed by atoms with van der Waals surface area (Å²) in [7, 11) is 0. The van der Waals surface area contributed by atoms with Crippen LogP contribution in [0.15, 0.2) is 0 Å². The van der Waals surface area contributed by atoms with Crippen LogP contribution in [0, 0.1) is 0 Å². The second kappa shape index (κ2) is 6.09. The van der Waals surface area contributed by atoms with E-state index in [2.05, 4.69) is 38.8 Å². The molecule has 0 amide bonds. The summed E-state index contributed by atoms with van der Waals surface area (Å²) in [5, 5.41) is 0. The van der Waals surface area contributed by atoms with E-state index in [1.165, 1.54) is 25.7 Å². The van der Waals surface area contributed by atoms with Crippen molar-refractivity contribution < 1.29 is 0 Å². The number of unbranched alkanes of at least 4 members (excludes halogenated alkanes) is 2. The molecule has 0 fully saturated rings. The minimum Gasteiger partial charge on any atom is -0.0765 e. The van der Waals surface area contributed by atoms with E-state index in [9.17, 15) is 0 Å². The van der Waals surface area contributed by atoms with Gasteiger partial charge < -0.3 is 0 Å². The summed E-state index contributed by atoms with van der Waals surface area (Å²) in [6.07, 6.45) is 5.24. The van der Waals surface area contributed by atoms with Crippen LogP contribution in [0.1, 0.15) is 32.6 Å². The molecule has 0 aromatic heterocycles. The molecule has 0 spiro atoms. The van der Waals surface area contributed by atoms with Crippen molar-refractivity contribution in [3.63, 3.8) is 0 Å². The van der Waals surface area contributed by atoms with E-state index in [-0.39, 0.29) is 0 Å². The maximum atomic E-state index is 3.42. The van der Waals surface area contributed by atoms with Crippen LogP contribution in [-0.2, 0) is 0 Å². The predicted molar refractivity (Wildman–Crippen MR) is 45.8 cm³/mol. The molecule has 0 radical (unpaired) electrons. The first-order valence-corrected chi connectivity index (χ1v) is 4.88. The SMILES string of the molecule is CCCCCC(Br)Br. The Kier molecular flexibility index (Phi) is 6.82. The molecule has 0 unspecified atom stereocenters. The highest BCUT2D eigenvalue weighted by Crippen LogP contribution is 2.15. The lowest BCUT2D eigenvalue weighted by Gasteiger charge is -1.97. The van der Waals surface area contributed by atoms with Crippen LogP contribution in [0.5, 0.6) is 0 Å². The molecule has 0 aliphatic heterocycles. The fourth-order valence-corrected chi connectivity index (χ4v) is 1.20. The molecule has 0 N–H and O–H groups in total. The van der Waals surface area contributed by atoms with Gasteiger partial charge in [-0.3, -0.25) is 0 Å². The lowest BCUT2D eigenvalue weighted by atomic mass is 10.2. The molecule has 0 nitrogen and oxygen atoms in total. The van der Waals surface area contributed by atoms with Gasteiger partial charge in [0.1, 0.15) is 0 Å². The molecule has 2 heteroatoms. The van der Waals surface area contributed by atoms with Crippen LogP contribution in [0.2, 0.25) is 0 Å².